The third-order valence-corrected chi connectivity index (χ3v) is 8.60. The van der Waals surface area contributed by atoms with Crippen LogP contribution in [0.15, 0.2) is 61.1 Å². The summed E-state index contributed by atoms with van der Waals surface area (Å²) < 4.78 is 18.5. The maximum absolute atomic E-state index is 12.9. The number of nitriles is 1. The number of nitrogens with zero attached hydrogens (tertiary/aromatic N) is 7. The maximum atomic E-state index is 12.9. The van der Waals surface area contributed by atoms with E-state index in [-0.39, 0.29) is 11.3 Å². The van der Waals surface area contributed by atoms with Crippen molar-refractivity contribution < 1.29 is 19.0 Å². The first kappa shape index (κ1) is 27.2. The number of fused-ring (bicyclic) bond motifs is 1. The van der Waals surface area contributed by atoms with E-state index in [1.807, 2.05) is 59.8 Å². The van der Waals surface area contributed by atoms with Crippen LogP contribution >= 0.6 is 0 Å². The third-order valence-electron chi connectivity index (χ3n) is 8.60. The van der Waals surface area contributed by atoms with Crippen molar-refractivity contribution in [2.45, 2.75) is 0 Å². The first-order valence-corrected chi connectivity index (χ1v) is 14.5. The van der Waals surface area contributed by atoms with Gasteiger partial charge in [-0.1, -0.05) is 0 Å². The highest BCUT2D eigenvalue weighted by Gasteiger charge is 2.53. The summed E-state index contributed by atoms with van der Waals surface area (Å²) in [6.07, 6.45) is 5.25. The molecule has 7 rings (SSSR count). The first-order chi connectivity index (χ1) is 21.0. The summed E-state index contributed by atoms with van der Waals surface area (Å²) >= 11 is 0. The van der Waals surface area contributed by atoms with Crippen molar-refractivity contribution in [2.24, 2.45) is 5.41 Å². The fourth-order valence-corrected chi connectivity index (χ4v) is 6.28. The van der Waals surface area contributed by atoms with Crippen LogP contribution < -0.4 is 14.4 Å². The van der Waals surface area contributed by atoms with Gasteiger partial charge in [0.1, 0.15) is 30.0 Å². The molecule has 6 heterocycles. The highest BCUT2D eigenvalue weighted by molar-refractivity contribution is 5.95. The van der Waals surface area contributed by atoms with E-state index in [1.165, 1.54) is 0 Å². The molecule has 3 aliphatic rings. The zero-order valence-electron chi connectivity index (χ0n) is 24.1. The molecule has 3 fully saturated rings. The lowest BCUT2D eigenvalue weighted by molar-refractivity contribution is -0.0107. The van der Waals surface area contributed by atoms with E-state index in [1.54, 1.807) is 17.8 Å². The van der Waals surface area contributed by atoms with Crippen LogP contribution in [0, 0.1) is 16.7 Å². The molecule has 220 valence electrons. The quantitative estimate of drug-likeness (QED) is 0.311. The number of hydrogen-bond donors (Lipinski definition) is 0. The Balaban J connectivity index is 1.01. The molecule has 0 N–H and O–H groups in total. The van der Waals surface area contributed by atoms with Crippen molar-refractivity contribution in [3.63, 3.8) is 0 Å². The second-order valence-electron chi connectivity index (χ2n) is 11.5. The van der Waals surface area contributed by atoms with Crippen LogP contribution in [0.2, 0.25) is 0 Å². The summed E-state index contributed by atoms with van der Waals surface area (Å²) in [5.74, 6) is 2.39. The van der Waals surface area contributed by atoms with Crippen LogP contribution in [-0.2, 0) is 4.74 Å². The smallest absolute Gasteiger partial charge is 0.253 e. The molecule has 1 aromatic carbocycles. The Morgan fingerprint density at radius 3 is 2.53 bits per heavy atom. The van der Waals surface area contributed by atoms with Gasteiger partial charge < -0.3 is 24.0 Å². The Bertz CT molecular complexity index is 1660. The van der Waals surface area contributed by atoms with E-state index in [0.717, 1.165) is 87.2 Å². The van der Waals surface area contributed by atoms with Gasteiger partial charge in [0.2, 0.25) is 0 Å². The van der Waals surface area contributed by atoms with Crippen LogP contribution in [0.1, 0.15) is 15.9 Å². The minimum absolute atomic E-state index is 0.0597. The minimum Gasteiger partial charge on any atom is -0.497 e. The molecule has 11 heteroatoms. The van der Waals surface area contributed by atoms with E-state index in [0.29, 0.717) is 23.5 Å². The molecule has 3 aliphatic heterocycles. The van der Waals surface area contributed by atoms with Crippen molar-refractivity contribution >= 4 is 17.2 Å². The number of morpholine rings is 1. The lowest BCUT2D eigenvalue weighted by atomic mass is 9.72. The number of carbonyl (C=O) groups excluding carboxylic acids is 1. The summed E-state index contributed by atoms with van der Waals surface area (Å²) in [5, 5.41) is 14.1. The lowest BCUT2D eigenvalue weighted by Gasteiger charge is -2.60. The van der Waals surface area contributed by atoms with Crippen molar-refractivity contribution in [3.8, 4) is 28.7 Å². The van der Waals surface area contributed by atoms with Gasteiger partial charge in [0.25, 0.3) is 5.91 Å². The van der Waals surface area contributed by atoms with E-state index in [4.69, 9.17) is 19.2 Å². The Morgan fingerprint density at radius 2 is 1.84 bits per heavy atom. The molecule has 0 aliphatic carbocycles. The Labute approximate surface area is 249 Å². The Hall–Kier alpha value is -4.66. The SMILES string of the molecule is COc1ccc(C(=O)N2CC3(C2)CN(c2ccc(-c4cc(OCCN5CCOCC5)cn5ncc(C#N)c45)cn2)C3)cc1. The van der Waals surface area contributed by atoms with Crippen LogP contribution in [0.25, 0.3) is 16.6 Å². The summed E-state index contributed by atoms with van der Waals surface area (Å²) in [6.45, 7) is 7.93. The number of anilines is 1. The molecule has 0 atom stereocenters. The molecular weight excluding hydrogens is 546 g/mol. The van der Waals surface area contributed by atoms with Crippen LogP contribution in [0.5, 0.6) is 11.5 Å². The van der Waals surface area contributed by atoms with Gasteiger partial charge in [0.15, 0.2) is 0 Å². The fourth-order valence-electron chi connectivity index (χ4n) is 6.28. The number of hydrogen-bond acceptors (Lipinski definition) is 9. The number of pyridine rings is 2. The number of benzene rings is 1. The molecule has 1 amide bonds. The minimum atomic E-state index is 0.0597. The second-order valence-corrected chi connectivity index (χ2v) is 11.5. The van der Waals surface area contributed by atoms with Crippen LogP contribution in [0.4, 0.5) is 5.82 Å². The zero-order chi connectivity index (χ0) is 29.4. The molecule has 43 heavy (non-hydrogen) atoms. The molecule has 3 saturated heterocycles. The predicted octanol–water partition coefficient (Wildman–Crippen LogP) is 2.95. The Morgan fingerprint density at radius 1 is 1.05 bits per heavy atom. The summed E-state index contributed by atoms with van der Waals surface area (Å²) in [4.78, 5) is 24.1. The molecule has 4 aromatic rings. The third kappa shape index (κ3) is 5.24. The zero-order valence-corrected chi connectivity index (χ0v) is 24.1. The molecule has 1 spiro atoms. The largest absolute Gasteiger partial charge is 0.497 e. The van der Waals surface area contributed by atoms with Crippen molar-refractivity contribution in [1.29, 1.82) is 5.26 Å². The number of aromatic nitrogens is 3. The average Bonchev–Trinajstić information content (AvgIpc) is 3.43. The molecule has 0 radical (unpaired) electrons. The van der Waals surface area contributed by atoms with Gasteiger partial charge in [0.05, 0.1) is 43.8 Å². The second kappa shape index (κ2) is 11.2. The van der Waals surface area contributed by atoms with Gasteiger partial charge >= 0.3 is 0 Å². The Kier molecular flexibility index (Phi) is 7.08. The number of rotatable bonds is 8. The summed E-state index contributed by atoms with van der Waals surface area (Å²) in [5.41, 5.74) is 3.78. The van der Waals surface area contributed by atoms with Crippen LogP contribution in [-0.4, -0.2) is 103 Å². The average molecular weight is 580 g/mol. The van der Waals surface area contributed by atoms with Gasteiger partial charge in [-0.05, 0) is 42.5 Å². The van der Waals surface area contributed by atoms with E-state index < -0.39 is 0 Å². The van der Waals surface area contributed by atoms with Crippen molar-refractivity contribution in [2.75, 3.05) is 77.6 Å². The maximum Gasteiger partial charge on any atom is 0.253 e. The highest BCUT2D eigenvalue weighted by Crippen LogP contribution is 2.42. The predicted molar refractivity (Wildman–Crippen MR) is 159 cm³/mol. The normalized spacial score (nSPS) is 17.8. The van der Waals surface area contributed by atoms with Gasteiger partial charge in [-0.25, -0.2) is 9.50 Å². The van der Waals surface area contributed by atoms with E-state index in [9.17, 15) is 10.1 Å². The van der Waals surface area contributed by atoms with Gasteiger partial charge in [-0.15, -0.1) is 0 Å². The molecule has 0 saturated carbocycles. The summed E-state index contributed by atoms with van der Waals surface area (Å²) in [7, 11) is 1.62. The number of methoxy groups -OCH3 is 1. The van der Waals surface area contributed by atoms with Gasteiger partial charge in [-0.3, -0.25) is 9.69 Å². The van der Waals surface area contributed by atoms with Crippen molar-refractivity contribution in [3.05, 3.63) is 72.2 Å². The lowest BCUT2D eigenvalue weighted by Crippen LogP contribution is -2.73. The molecule has 3 aromatic heterocycles. The van der Waals surface area contributed by atoms with Gasteiger partial charge in [-0.2, -0.15) is 10.4 Å². The van der Waals surface area contributed by atoms with Gasteiger partial charge in [0, 0.05) is 74.1 Å². The van der Waals surface area contributed by atoms with Crippen molar-refractivity contribution in [1.82, 2.24) is 24.4 Å². The highest BCUT2D eigenvalue weighted by atomic mass is 16.5. The van der Waals surface area contributed by atoms with E-state index >= 15 is 0 Å². The topological polar surface area (TPSA) is 108 Å². The number of amides is 1. The molecular formula is C32H33N7O4. The number of likely N-dealkylation sites (tertiary alicyclic amines) is 1. The summed E-state index contributed by atoms with van der Waals surface area (Å²) in [6, 6.07) is 15.5. The van der Waals surface area contributed by atoms with Crippen LogP contribution in [0.3, 0.4) is 0 Å². The number of carbonyl (C=O) groups is 1. The fraction of sp³-hybridized carbons (Fsp3) is 0.375. The molecule has 11 nitrogen and oxygen atoms in total. The first-order valence-electron chi connectivity index (χ1n) is 14.5. The molecule has 0 unspecified atom stereocenters. The number of ether oxygens (including phenoxy) is 3. The molecule has 0 bridgehead atoms. The van der Waals surface area contributed by atoms with E-state index in [2.05, 4.69) is 21.0 Å². The standard InChI is InChI=1S/C32H33N7O4/c1-41-26-5-2-23(3-6-26)31(40)38-21-32(22-38)19-37(20-32)29-7-4-24(16-34-29)28-14-27(18-39-30(28)25(15-33)17-35-39)43-13-10-36-8-11-42-12-9-36/h2-7,14,16-18H,8-13,19-22H2,1H3. The monoisotopic (exact) mass is 579 g/mol.